The topological polar surface area (TPSA) is 87.7 Å². The van der Waals surface area contributed by atoms with Crippen LogP contribution >= 0.6 is 24.2 Å². The first kappa shape index (κ1) is 18.6. The van der Waals surface area contributed by atoms with Crippen LogP contribution < -0.4 is 10.6 Å². The van der Waals surface area contributed by atoms with Crippen molar-refractivity contribution in [3.63, 3.8) is 0 Å². The minimum atomic E-state index is -1.10. The molecule has 4 N–H and O–H groups in total. The molecule has 1 atom stereocenters. The average Bonchev–Trinajstić information content (AvgIpc) is 2.22. The second kappa shape index (κ2) is 9.27. The van der Waals surface area contributed by atoms with Gasteiger partial charge in [-0.3, -0.25) is 9.79 Å². The zero-order valence-corrected chi connectivity index (χ0v) is 11.5. The summed E-state index contributed by atoms with van der Waals surface area (Å²) in [7, 11) is 0. The van der Waals surface area contributed by atoms with Crippen LogP contribution in [0.15, 0.2) is 17.1 Å². The number of halogens is 2. The third kappa shape index (κ3) is 8.01. The Morgan fingerprint density at radius 1 is 1.59 bits per heavy atom. The van der Waals surface area contributed by atoms with Gasteiger partial charge < -0.3 is 10.8 Å². The summed E-state index contributed by atoms with van der Waals surface area (Å²) in [5, 5.41) is 8.90. The van der Waals surface area contributed by atoms with Crippen LogP contribution in [0.1, 0.15) is 26.7 Å². The molecule has 7 heteroatoms. The van der Waals surface area contributed by atoms with E-state index in [2.05, 4.69) is 9.83 Å². The van der Waals surface area contributed by atoms with Gasteiger partial charge in [0.25, 0.3) is 0 Å². The first-order valence-corrected chi connectivity index (χ1v) is 5.33. The highest BCUT2D eigenvalue weighted by Gasteiger charge is 2.30. The van der Waals surface area contributed by atoms with Crippen molar-refractivity contribution < 1.29 is 9.90 Å². The SMILES string of the molecule is CC(N)=NC/C=C\CC[C@@](C)(NCl)C(=O)O.Cl. The Balaban J connectivity index is 0. The fourth-order valence-corrected chi connectivity index (χ4v) is 1.13. The van der Waals surface area contributed by atoms with Gasteiger partial charge in [0, 0.05) is 0 Å². The molecule has 5 nitrogen and oxygen atoms in total. The Kier molecular flexibility index (Phi) is 10.1. The van der Waals surface area contributed by atoms with E-state index in [9.17, 15) is 4.79 Å². The Morgan fingerprint density at radius 2 is 2.18 bits per heavy atom. The zero-order valence-electron chi connectivity index (χ0n) is 9.94. The number of rotatable bonds is 7. The molecule has 0 aliphatic heterocycles. The van der Waals surface area contributed by atoms with Crippen molar-refractivity contribution in [3.8, 4) is 0 Å². The van der Waals surface area contributed by atoms with Crippen LogP contribution in [-0.4, -0.2) is 29.0 Å². The Bertz CT molecular complexity index is 291. The van der Waals surface area contributed by atoms with Crippen LogP contribution in [0.4, 0.5) is 0 Å². The third-order valence-corrected chi connectivity index (χ3v) is 2.52. The summed E-state index contributed by atoms with van der Waals surface area (Å²) in [6, 6.07) is 0. The summed E-state index contributed by atoms with van der Waals surface area (Å²) >= 11 is 5.39. The molecule has 0 aliphatic carbocycles. The van der Waals surface area contributed by atoms with E-state index in [1.165, 1.54) is 0 Å². The molecular formula is C10H19Cl2N3O2. The van der Waals surface area contributed by atoms with Crippen LogP contribution in [0.5, 0.6) is 0 Å². The monoisotopic (exact) mass is 283 g/mol. The predicted octanol–water partition coefficient (Wildman–Crippen LogP) is 1.71. The number of carboxylic acids is 1. The van der Waals surface area contributed by atoms with Gasteiger partial charge >= 0.3 is 5.97 Å². The van der Waals surface area contributed by atoms with Gasteiger partial charge in [0.1, 0.15) is 5.54 Å². The van der Waals surface area contributed by atoms with Gasteiger partial charge in [0.2, 0.25) is 0 Å². The average molecular weight is 284 g/mol. The van der Waals surface area contributed by atoms with Gasteiger partial charge in [-0.2, -0.15) is 0 Å². The molecule has 0 saturated carbocycles. The largest absolute Gasteiger partial charge is 0.480 e. The molecule has 0 aromatic heterocycles. The highest BCUT2D eigenvalue weighted by Crippen LogP contribution is 2.13. The maximum Gasteiger partial charge on any atom is 0.324 e. The lowest BCUT2D eigenvalue weighted by atomic mass is 9.97. The van der Waals surface area contributed by atoms with Crippen molar-refractivity contribution in [2.75, 3.05) is 6.54 Å². The number of nitrogens with zero attached hydrogens (tertiary/aromatic N) is 1. The van der Waals surface area contributed by atoms with Crippen LogP contribution in [-0.2, 0) is 4.79 Å². The second-order valence-corrected chi connectivity index (χ2v) is 3.91. The number of carbonyl (C=O) groups is 1. The first-order valence-electron chi connectivity index (χ1n) is 4.95. The molecule has 0 radical (unpaired) electrons. The molecular weight excluding hydrogens is 265 g/mol. The Hall–Kier alpha value is -0.780. The van der Waals surface area contributed by atoms with Crippen molar-refractivity contribution in [1.29, 1.82) is 0 Å². The van der Waals surface area contributed by atoms with Crippen LogP contribution in [0.2, 0.25) is 0 Å². The molecule has 0 aromatic carbocycles. The number of nitrogens with one attached hydrogen (secondary N) is 1. The number of aliphatic carboxylic acids is 1. The van der Waals surface area contributed by atoms with Crippen molar-refractivity contribution in [1.82, 2.24) is 4.84 Å². The van der Waals surface area contributed by atoms with E-state index >= 15 is 0 Å². The molecule has 0 rings (SSSR count). The quantitative estimate of drug-likeness (QED) is 0.287. The van der Waals surface area contributed by atoms with E-state index in [0.717, 1.165) is 0 Å². The lowest BCUT2D eigenvalue weighted by molar-refractivity contribution is -0.143. The number of hydrogen-bond donors (Lipinski definition) is 3. The third-order valence-electron chi connectivity index (χ3n) is 2.10. The molecule has 0 bridgehead atoms. The number of hydrogen-bond acceptors (Lipinski definition) is 3. The molecule has 100 valence electrons. The van der Waals surface area contributed by atoms with Gasteiger partial charge in [-0.1, -0.05) is 12.2 Å². The van der Waals surface area contributed by atoms with Crippen molar-refractivity contribution in [3.05, 3.63) is 12.2 Å². The number of carboxylic acid groups (broad SMARTS) is 1. The fraction of sp³-hybridized carbons (Fsp3) is 0.600. The smallest absolute Gasteiger partial charge is 0.324 e. The van der Waals surface area contributed by atoms with Crippen molar-refractivity contribution in [2.45, 2.75) is 32.2 Å². The van der Waals surface area contributed by atoms with Gasteiger partial charge in [0.05, 0.1) is 12.4 Å². The summed E-state index contributed by atoms with van der Waals surface area (Å²) in [6.45, 7) is 3.77. The fourth-order valence-electron chi connectivity index (χ4n) is 0.956. The second-order valence-electron chi connectivity index (χ2n) is 3.72. The Labute approximate surface area is 113 Å². The molecule has 0 aromatic rings. The lowest BCUT2D eigenvalue weighted by Crippen LogP contribution is -2.44. The molecule has 0 unspecified atom stereocenters. The van der Waals surface area contributed by atoms with Crippen molar-refractivity contribution >= 4 is 36.0 Å². The number of allylic oxidation sites excluding steroid dienone is 1. The summed E-state index contributed by atoms with van der Waals surface area (Å²) in [6.07, 6.45) is 4.73. The highest BCUT2D eigenvalue weighted by molar-refractivity contribution is 6.15. The maximum atomic E-state index is 10.9. The van der Waals surface area contributed by atoms with Crippen molar-refractivity contribution in [2.24, 2.45) is 10.7 Å². The summed E-state index contributed by atoms with van der Waals surface area (Å²) in [5.74, 6) is -0.436. The van der Waals surface area contributed by atoms with E-state index in [0.29, 0.717) is 25.2 Å². The standard InChI is InChI=1S/C10H18ClN3O2.ClH/c1-8(12)13-7-5-3-4-6-10(2,14-11)9(15)16;/h3,5,14H,4,6-7H2,1-2H3,(H2,12,13)(H,15,16);1H/b5-3-;/t10-;/m1./s1. The van der Waals surface area contributed by atoms with E-state index in [4.69, 9.17) is 22.6 Å². The predicted molar refractivity (Wildman–Crippen MR) is 72.8 cm³/mol. The maximum absolute atomic E-state index is 10.9. The number of amidine groups is 1. The molecule has 0 saturated heterocycles. The molecule has 0 aliphatic rings. The molecule has 0 heterocycles. The van der Waals surface area contributed by atoms with Gasteiger partial charge in [-0.05, 0) is 38.5 Å². The zero-order chi connectivity index (χ0) is 12.6. The summed E-state index contributed by atoms with van der Waals surface area (Å²) < 4.78 is 0. The minimum Gasteiger partial charge on any atom is -0.480 e. The highest BCUT2D eigenvalue weighted by atomic mass is 35.5. The van der Waals surface area contributed by atoms with Crippen LogP contribution in [0, 0.1) is 0 Å². The summed E-state index contributed by atoms with van der Waals surface area (Å²) in [4.78, 5) is 17.1. The van der Waals surface area contributed by atoms with Crippen LogP contribution in [0.3, 0.4) is 0 Å². The van der Waals surface area contributed by atoms with E-state index in [1.807, 2.05) is 12.2 Å². The molecule has 0 spiro atoms. The first-order chi connectivity index (χ1) is 7.42. The lowest BCUT2D eigenvalue weighted by Gasteiger charge is -2.21. The molecule has 0 fully saturated rings. The van der Waals surface area contributed by atoms with E-state index in [-0.39, 0.29) is 12.4 Å². The van der Waals surface area contributed by atoms with E-state index < -0.39 is 11.5 Å². The Morgan fingerprint density at radius 3 is 2.59 bits per heavy atom. The molecule has 0 amide bonds. The minimum absolute atomic E-state index is 0. The van der Waals surface area contributed by atoms with Gasteiger partial charge in [-0.25, -0.2) is 4.84 Å². The van der Waals surface area contributed by atoms with Crippen LogP contribution in [0.25, 0.3) is 0 Å². The van der Waals surface area contributed by atoms with Gasteiger partial charge in [-0.15, -0.1) is 12.4 Å². The van der Waals surface area contributed by atoms with E-state index in [1.54, 1.807) is 13.8 Å². The number of aliphatic imine (C=N–C) groups is 1. The van der Waals surface area contributed by atoms with Gasteiger partial charge in [0.15, 0.2) is 0 Å². The normalized spacial score (nSPS) is 15.4. The summed E-state index contributed by atoms with van der Waals surface area (Å²) in [5.41, 5.74) is 4.25. The number of nitrogens with two attached hydrogens (primary N) is 1. The molecule has 17 heavy (non-hydrogen) atoms.